The minimum atomic E-state index is -0.529. The summed E-state index contributed by atoms with van der Waals surface area (Å²) in [6.45, 7) is 30.1. The molecule has 0 aliphatic rings. The Morgan fingerprint density at radius 3 is 0.985 bits per heavy atom. The highest BCUT2D eigenvalue weighted by Gasteiger charge is 2.33. The van der Waals surface area contributed by atoms with Crippen LogP contribution in [0.1, 0.15) is 210 Å². The zero-order valence-electron chi connectivity index (χ0n) is 45.0. The van der Waals surface area contributed by atoms with Crippen molar-refractivity contribution < 1.29 is 28.7 Å². The summed E-state index contributed by atoms with van der Waals surface area (Å²) in [5.41, 5.74) is 0. The summed E-state index contributed by atoms with van der Waals surface area (Å²) in [4.78, 5) is 63.2. The van der Waals surface area contributed by atoms with Gasteiger partial charge in [-0.15, -0.1) is 0 Å². The van der Waals surface area contributed by atoms with Crippen LogP contribution in [-0.4, -0.2) is 147 Å². The highest BCUT2D eigenvalue weighted by molar-refractivity contribution is 5.88. The second-order valence-electron chi connectivity index (χ2n) is 19.3. The molecular formula is C54H108N6O6. The molecule has 12 nitrogen and oxygen atoms in total. The molecule has 12 heteroatoms. The van der Waals surface area contributed by atoms with Crippen LogP contribution in [-0.2, 0) is 28.7 Å². The molecule has 0 radical (unpaired) electrons. The van der Waals surface area contributed by atoms with Crippen molar-refractivity contribution in [2.75, 3.05) is 91.9 Å². The third-order valence-corrected chi connectivity index (χ3v) is 13.1. The molecule has 0 aromatic carbocycles. The average molecular weight is 937 g/mol. The van der Waals surface area contributed by atoms with Crippen molar-refractivity contribution in [2.45, 2.75) is 223 Å². The number of hydrogen-bond acceptors (Lipinski definition) is 8. The van der Waals surface area contributed by atoms with Gasteiger partial charge in [0.15, 0.2) is 0 Å². The largest absolute Gasteiger partial charge is 0.377 e. The maximum Gasteiger partial charge on any atom is 0.243 e. The minimum Gasteiger partial charge on any atom is -0.377 e. The lowest BCUT2D eigenvalue weighted by Gasteiger charge is -2.34. The monoisotopic (exact) mass is 937 g/mol. The average Bonchev–Trinajstić information content (AvgIpc) is 3.29. The van der Waals surface area contributed by atoms with Gasteiger partial charge < -0.3 is 39.7 Å². The normalized spacial score (nSPS) is 12.6. The topological polar surface area (TPSA) is 124 Å². The van der Waals surface area contributed by atoms with Gasteiger partial charge >= 0.3 is 0 Å². The molecule has 0 aliphatic carbocycles. The van der Waals surface area contributed by atoms with Crippen LogP contribution in [0.4, 0.5) is 0 Å². The lowest BCUT2D eigenvalue weighted by molar-refractivity contribution is -0.142. The van der Waals surface area contributed by atoms with Crippen LogP contribution in [0.5, 0.6) is 0 Å². The number of nitrogens with one attached hydrogen (secondary N) is 2. The Bertz CT molecular complexity index is 1080. The van der Waals surface area contributed by atoms with E-state index in [4.69, 9.17) is 9.47 Å². The summed E-state index contributed by atoms with van der Waals surface area (Å²) < 4.78 is 11.6. The zero-order chi connectivity index (χ0) is 49.2. The van der Waals surface area contributed by atoms with E-state index in [9.17, 15) is 19.2 Å². The number of carbonyl (C=O) groups is 4. The van der Waals surface area contributed by atoms with Gasteiger partial charge in [0, 0.05) is 39.0 Å². The molecule has 4 amide bonds. The number of unbranched alkanes of at least 4 members (excludes halogenated alkanes) is 16. The van der Waals surface area contributed by atoms with Crippen molar-refractivity contribution >= 4 is 23.6 Å². The third-order valence-electron chi connectivity index (χ3n) is 13.1. The molecule has 2 atom stereocenters. The molecule has 0 saturated heterocycles. The van der Waals surface area contributed by atoms with E-state index in [1.54, 1.807) is 0 Å². The Hall–Kier alpha value is -2.28. The van der Waals surface area contributed by atoms with Crippen LogP contribution in [0.25, 0.3) is 0 Å². The highest BCUT2D eigenvalue weighted by atomic mass is 16.5. The molecule has 2 N–H and O–H groups in total. The van der Waals surface area contributed by atoms with E-state index in [2.05, 4.69) is 62.0 Å². The molecule has 2 unspecified atom stereocenters. The van der Waals surface area contributed by atoms with E-state index in [-0.39, 0.29) is 35.5 Å². The van der Waals surface area contributed by atoms with Gasteiger partial charge in [0.25, 0.3) is 0 Å². The van der Waals surface area contributed by atoms with Crippen LogP contribution >= 0.6 is 0 Å². The van der Waals surface area contributed by atoms with Gasteiger partial charge in [0.05, 0.1) is 26.4 Å². The van der Waals surface area contributed by atoms with Gasteiger partial charge in [-0.3, -0.25) is 19.2 Å². The Balaban J connectivity index is 5.01. The van der Waals surface area contributed by atoms with E-state index in [0.717, 1.165) is 90.6 Å². The molecule has 0 saturated carbocycles. The van der Waals surface area contributed by atoms with E-state index < -0.39 is 12.1 Å². The smallest absolute Gasteiger partial charge is 0.243 e. The standard InChI is InChI=1S/C54H108N6O6/c1-11-17-19-21-23-25-27-29-31-35-49(61)59(41-33-39-57(13-3)14-4)51(47(7)8)53(63)55-37-43-65-45-46-66-44-38-56-54(64)52(48(9)10)60(42-34-40-58(15-5)16-6)50(62)36-32-30-28-26-24-22-20-18-12-2/h47-48,51-52H,11-46H2,1-10H3,(H,55,63)(H,56,64). The number of ether oxygens (including phenoxy) is 2. The molecule has 0 spiro atoms. The fourth-order valence-corrected chi connectivity index (χ4v) is 8.94. The van der Waals surface area contributed by atoms with Crippen molar-refractivity contribution in [3.63, 3.8) is 0 Å². The Kier molecular flexibility index (Phi) is 42.4. The number of carbonyl (C=O) groups excluding carboxylic acids is 4. The molecule has 0 fully saturated rings. The number of rotatable bonds is 47. The van der Waals surface area contributed by atoms with Gasteiger partial charge in [-0.25, -0.2) is 0 Å². The molecule has 0 aromatic rings. The summed E-state index contributed by atoms with van der Waals surface area (Å²) in [5, 5.41) is 6.10. The molecule has 0 heterocycles. The van der Waals surface area contributed by atoms with Gasteiger partial charge in [-0.05, 0) is 76.8 Å². The maximum atomic E-state index is 13.7. The van der Waals surface area contributed by atoms with Crippen LogP contribution < -0.4 is 10.6 Å². The van der Waals surface area contributed by atoms with Gasteiger partial charge in [-0.2, -0.15) is 0 Å². The minimum absolute atomic E-state index is 0.0261. The summed E-state index contributed by atoms with van der Waals surface area (Å²) >= 11 is 0. The molecular weight excluding hydrogens is 829 g/mol. The van der Waals surface area contributed by atoms with Crippen LogP contribution in [0.3, 0.4) is 0 Å². The summed E-state index contributed by atoms with van der Waals surface area (Å²) in [5.74, 6) is -0.149. The van der Waals surface area contributed by atoms with Gasteiger partial charge in [0.1, 0.15) is 12.1 Å². The second-order valence-corrected chi connectivity index (χ2v) is 19.3. The van der Waals surface area contributed by atoms with Gasteiger partial charge in [-0.1, -0.05) is 172 Å². The summed E-state index contributed by atoms with van der Waals surface area (Å²) in [6, 6.07) is -1.06. The van der Waals surface area contributed by atoms with Gasteiger partial charge in [0.2, 0.25) is 23.6 Å². The number of nitrogens with zero attached hydrogens (tertiary/aromatic N) is 4. The Morgan fingerprint density at radius 1 is 0.394 bits per heavy atom. The second kappa shape index (κ2) is 44.0. The fraction of sp³-hybridized carbons (Fsp3) is 0.926. The first-order chi connectivity index (χ1) is 31.9. The molecule has 0 bridgehead atoms. The fourth-order valence-electron chi connectivity index (χ4n) is 8.94. The van der Waals surface area contributed by atoms with Crippen molar-refractivity contribution in [3.05, 3.63) is 0 Å². The van der Waals surface area contributed by atoms with Crippen molar-refractivity contribution in [1.29, 1.82) is 0 Å². The predicted molar refractivity (Wildman–Crippen MR) is 277 cm³/mol. The van der Waals surface area contributed by atoms with Crippen molar-refractivity contribution in [1.82, 2.24) is 30.2 Å². The van der Waals surface area contributed by atoms with E-state index in [1.165, 1.54) is 77.0 Å². The molecule has 0 rings (SSSR count). The Labute approximate surface area is 407 Å². The number of hydrogen-bond donors (Lipinski definition) is 2. The predicted octanol–water partition coefficient (Wildman–Crippen LogP) is 10.3. The van der Waals surface area contributed by atoms with Crippen molar-refractivity contribution in [2.24, 2.45) is 11.8 Å². The van der Waals surface area contributed by atoms with Crippen LogP contribution in [0.2, 0.25) is 0 Å². The number of amides is 4. The first kappa shape index (κ1) is 63.7. The molecule has 0 aromatic heterocycles. The van der Waals surface area contributed by atoms with E-state index >= 15 is 0 Å². The molecule has 0 aliphatic heterocycles. The lowest BCUT2D eigenvalue weighted by atomic mass is 9.99. The van der Waals surface area contributed by atoms with Crippen LogP contribution in [0.15, 0.2) is 0 Å². The van der Waals surface area contributed by atoms with Crippen LogP contribution in [0, 0.1) is 11.8 Å². The van der Waals surface area contributed by atoms with E-state index in [0.29, 0.717) is 65.4 Å². The first-order valence-corrected chi connectivity index (χ1v) is 27.7. The first-order valence-electron chi connectivity index (χ1n) is 27.7. The highest BCUT2D eigenvalue weighted by Crippen LogP contribution is 2.19. The van der Waals surface area contributed by atoms with E-state index in [1.807, 2.05) is 37.5 Å². The summed E-state index contributed by atoms with van der Waals surface area (Å²) in [7, 11) is 0. The molecule has 66 heavy (non-hydrogen) atoms. The molecule has 390 valence electrons. The van der Waals surface area contributed by atoms with Crippen molar-refractivity contribution in [3.8, 4) is 0 Å². The maximum absolute atomic E-state index is 13.7. The Morgan fingerprint density at radius 2 is 0.697 bits per heavy atom. The lowest BCUT2D eigenvalue weighted by Crippen LogP contribution is -2.53. The SMILES string of the molecule is CCCCCCCCCCCC(=O)N(CCCN(CC)CC)C(C(=O)NCCOCCOCCNC(=O)C(C(C)C)N(CCCN(CC)CC)C(=O)CCCCCCCCCCC)C(C)C. The quantitative estimate of drug-likeness (QED) is 0.0579. The third kappa shape index (κ3) is 31.7. The summed E-state index contributed by atoms with van der Waals surface area (Å²) in [6.07, 6.45) is 24.2. The zero-order valence-corrected chi connectivity index (χ0v) is 45.0.